The first kappa shape index (κ1) is 10.6. The van der Waals surface area contributed by atoms with Crippen LogP contribution in [0.3, 0.4) is 0 Å². The van der Waals surface area contributed by atoms with Crippen LogP contribution in [0.4, 0.5) is 8.78 Å². The van der Waals surface area contributed by atoms with Crippen molar-refractivity contribution in [3.63, 3.8) is 0 Å². The Kier molecular flexibility index (Phi) is 3.55. The Morgan fingerprint density at radius 3 is 2.43 bits per heavy atom. The number of hydrogen-bond acceptors (Lipinski definition) is 2. The molecule has 0 radical (unpaired) electrons. The molecule has 0 saturated carbocycles. The first-order chi connectivity index (χ1) is 6.65. The van der Waals surface area contributed by atoms with Gasteiger partial charge in [-0.25, -0.2) is 8.78 Å². The predicted molar refractivity (Wildman–Crippen MR) is 48.3 cm³/mol. The monoisotopic (exact) mass is 196 g/mol. The fourth-order valence-corrected chi connectivity index (χ4v) is 1.13. The lowest BCUT2D eigenvalue weighted by Crippen LogP contribution is -2.19. The van der Waals surface area contributed by atoms with Crippen LogP contribution in [0, 0.1) is 23.0 Å². The van der Waals surface area contributed by atoms with Crippen molar-refractivity contribution in [3.05, 3.63) is 35.4 Å². The summed E-state index contributed by atoms with van der Waals surface area (Å²) >= 11 is 0. The average molecular weight is 196 g/mol. The van der Waals surface area contributed by atoms with Gasteiger partial charge in [-0.2, -0.15) is 5.26 Å². The van der Waals surface area contributed by atoms with Crippen LogP contribution in [0.1, 0.15) is 5.56 Å². The van der Waals surface area contributed by atoms with Crippen LogP contribution in [-0.4, -0.2) is 18.5 Å². The second-order valence-corrected chi connectivity index (χ2v) is 3.03. The van der Waals surface area contributed by atoms with Crippen molar-refractivity contribution < 1.29 is 8.78 Å². The van der Waals surface area contributed by atoms with Crippen LogP contribution in [0.5, 0.6) is 0 Å². The van der Waals surface area contributed by atoms with Gasteiger partial charge >= 0.3 is 0 Å². The van der Waals surface area contributed by atoms with Crippen molar-refractivity contribution in [2.45, 2.75) is 6.54 Å². The topological polar surface area (TPSA) is 27.0 Å². The van der Waals surface area contributed by atoms with Crippen LogP contribution in [0.15, 0.2) is 18.2 Å². The molecule has 0 saturated heterocycles. The summed E-state index contributed by atoms with van der Waals surface area (Å²) in [6.45, 7) is 0.250. The third kappa shape index (κ3) is 2.51. The smallest absolute Gasteiger partial charge is 0.130 e. The second-order valence-electron chi connectivity index (χ2n) is 3.03. The highest BCUT2D eigenvalue weighted by Crippen LogP contribution is 2.13. The van der Waals surface area contributed by atoms with Crippen molar-refractivity contribution in [3.8, 4) is 6.07 Å². The maximum atomic E-state index is 13.1. The van der Waals surface area contributed by atoms with Crippen LogP contribution >= 0.6 is 0 Å². The zero-order chi connectivity index (χ0) is 10.6. The maximum Gasteiger partial charge on any atom is 0.130 e. The molecular weight excluding hydrogens is 186 g/mol. The van der Waals surface area contributed by atoms with Gasteiger partial charge in [0.2, 0.25) is 0 Å². The highest BCUT2D eigenvalue weighted by atomic mass is 19.1. The first-order valence-electron chi connectivity index (χ1n) is 4.13. The summed E-state index contributed by atoms with van der Waals surface area (Å²) < 4.78 is 26.2. The molecule has 0 amide bonds. The number of hydrogen-bond donors (Lipinski definition) is 0. The second kappa shape index (κ2) is 4.68. The van der Waals surface area contributed by atoms with E-state index in [1.807, 2.05) is 6.07 Å². The summed E-state index contributed by atoms with van der Waals surface area (Å²) in [7, 11) is 1.63. The Morgan fingerprint density at radius 1 is 1.36 bits per heavy atom. The molecule has 0 heterocycles. The number of nitriles is 1. The fraction of sp³-hybridized carbons (Fsp3) is 0.300. The van der Waals surface area contributed by atoms with Crippen molar-refractivity contribution in [2.24, 2.45) is 0 Å². The largest absolute Gasteiger partial charge is 0.289 e. The van der Waals surface area contributed by atoms with Crippen LogP contribution in [0.2, 0.25) is 0 Å². The van der Waals surface area contributed by atoms with Crippen LogP contribution in [0.25, 0.3) is 0 Å². The Balaban J connectivity index is 2.81. The standard InChI is InChI=1S/C10H10F2N2/c1-14(6-5-13)7-8-9(11)3-2-4-10(8)12/h2-4H,6-7H2,1H3. The van der Waals surface area contributed by atoms with E-state index in [1.165, 1.54) is 18.2 Å². The summed E-state index contributed by atoms with van der Waals surface area (Å²) in [5.74, 6) is -1.15. The molecule has 0 N–H and O–H groups in total. The minimum absolute atomic E-state index is 0.00486. The Hall–Kier alpha value is -1.47. The highest BCUT2D eigenvalue weighted by Gasteiger charge is 2.10. The molecule has 1 rings (SSSR count). The molecule has 1 aromatic carbocycles. The fourth-order valence-electron chi connectivity index (χ4n) is 1.13. The van der Waals surface area contributed by atoms with E-state index in [2.05, 4.69) is 0 Å². The minimum atomic E-state index is -0.574. The number of halogens is 2. The molecule has 74 valence electrons. The van der Waals surface area contributed by atoms with Crippen molar-refractivity contribution in [2.75, 3.05) is 13.6 Å². The van der Waals surface area contributed by atoms with Gasteiger partial charge in [0, 0.05) is 12.1 Å². The van der Waals surface area contributed by atoms with Crippen molar-refractivity contribution >= 4 is 0 Å². The third-order valence-corrected chi connectivity index (χ3v) is 1.83. The molecule has 0 fully saturated rings. The van der Waals surface area contributed by atoms with E-state index in [9.17, 15) is 8.78 Å². The van der Waals surface area contributed by atoms with Gasteiger partial charge in [0.15, 0.2) is 0 Å². The normalized spacial score (nSPS) is 10.2. The summed E-state index contributed by atoms with van der Waals surface area (Å²) in [6, 6.07) is 5.64. The molecule has 0 bridgehead atoms. The van der Waals surface area contributed by atoms with E-state index >= 15 is 0 Å². The van der Waals surface area contributed by atoms with Gasteiger partial charge in [-0.3, -0.25) is 4.90 Å². The molecule has 2 nitrogen and oxygen atoms in total. The molecule has 0 unspecified atom stereocenters. The Bertz CT molecular complexity index is 337. The summed E-state index contributed by atoms with van der Waals surface area (Å²) in [5, 5.41) is 8.37. The van der Waals surface area contributed by atoms with E-state index in [1.54, 1.807) is 11.9 Å². The summed E-state index contributed by atoms with van der Waals surface area (Å²) in [6.07, 6.45) is 0. The van der Waals surface area contributed by atoms with Gasteiger partial charge in [0.05, 0.1) is 12.6 Å². The van der Waals surface area contributed by atoms with E-state index in [0.717, 1.165) is 0 Å². The molecule has 4 heteroatoms. The molecule has 0 aromatic heterocycles. The molecule has 0 atom stereocenters. The van der Waals surface area contributed by atoms with Crippen molar-refractivity contribution in [1.29, 1.82) is 5.26 Å². The molecular formula is C10H10F2N2. The molecule has 1 aromatic rings. The summed E-state index contributed by atoms with van der Waals surface area (Å²) in [4.78, 5) is 1.54. The summed E-state index contributed by atoms with van der Waals surface area (Å²) in [5.41, 5.74) is 0.00486. The van der Waals surface area contributed by atoms with E-state index in [4.69, 9.17) is 5.26 Å². The lowest BCUT2D eigenvalue weighted by molar-refractivity contribution is 0.350. The van der Waals surface area contributed by atoms with Crippen LogP contribution in [-0.2, 0) is 6.54 Å². The average Bonchev–Trinajstić information content (AvgIpc) is 2.12. The Labute approximate surface area is 81.4 Å². The lowest BCUT2D eigenvalue weighted by atomic mass is 10.2. The molecule has 0 aliphatic rings. The molecule has 14 heavy (non-hydrogen) atoms. The van der Waals surface area contributed by atoms with E-state index in [-0.39, 0.29) is 18.7 Å². The zero-order valence-electron chi connectivity index (χ0n) is 7.80. The Morgan fingerprint density at radius 2 is 1.93 bits per heavy atom. The van der Waals surface area contributed by atoms with Gasteiger partial charge in [0.25, 0.3) is 0 Å². The van der Waals surface area contributed by atoms with Gasteiger partial charge in [-0.15, -0.1) is 0 Å². The van der Waals surface area contributed by atoms with E-state index < -0.39 is 11.6 Å². The molecule has 0 aliphatic heterocycles. The van der Waals surface area contributed by atoms with E-state index in [0.29, 0.717) is 0 Å². The quantitative estimate of drug-likeness (QED) is 0.690. The molecule has 0 aliphatic carbocycles. The van der Waals surface area contributed by atoms with Crippen LogP contribution < -0.4 is 0 Å². The third-order valence-electron chi connectivity index (χ3n) is 1.83. The van der Waals surface area contributed by atoms with Gasteiger partial charge in [-0.1, -0.05) is 6.07 Å². The SMILES string of the molecule is CN(CC#N)Cc1c(F)cccc1F. The zero-order valence-corrected chi connectivity index (χ0v) is 7.80. The highest BCUT2D eigenvalue weighted by molar-refractivity contribution is 5.19. The van der Waals surface area contributed by atoms with Gasteiger partial charge in [-0.05, 0) is 19.2 Å². The first-order valence-corrected chi connectivity index (χ1v) is 4.13. The maximum absolute atomic E-state index is 13.1. The number of benzene rings is 1. The van der Waals surface area contributed by atoms with Gasteiger partial charge < -0.3 is 0 Å². The van der Waals surface area contributed by atoms with Gasteiger partial charge in [0.1, 0.15) is 11.6 Å². The number of nitrogens with zero attached hydrogens (tertiary/aromatic N) is 2. The number of rotatable bonds is 3. The van der Waals surface area contributed by atoms with Crippen molar-refractivity contribution in [1.82, 2.24) is 4.90 Å². The lowest BCUT2D eigenvalue weighted by Gasteiger charge is -2.13. The molecule has 0 spiro atoms. The minimum Gasteiger partial charge on any atom is -0.289 e. The predicted octanol–water partition coefficient (Wildman–Crippen LogP) is 1.92.